The first-order valence-electron chi connectivity index (χ1n) is 9.64. The fourth-order valence-corrected chi connectivity index (χ4v) is 3.27. The van der Waals surface area contributed by atoms with Gasteiger partial charge in [-0.15, -0.1) is 10.2 Å². The third-order valence-corrected chi connectivity index (χ3v) is 4.69. The lowest BCUT2D eigenvalue weighted by Crippen LogP contribution is -2.08. The number of benzene rings is 3. The summed E-state index contributed by atoms with van der Waals surface area (Å²) in [5.74, 6) is 1.59. The van der Waals surface area contributed by atoms with Crippen molar-refractivity contribution in [3.8, 4) is 34.2 Å². The Labute approximate surface area is 174 Å². The van der Waals surface area contributed by atoms with E-state index >= 15 is 0 Å². The molecule has 6 heteroatoms. The zero-order valence-corrected chi connectivity index (χ0v) is 16.8. The summed E-state index contributed by atoms with van der Waals surface area (Å²) in [7, 11) is 1.63. The number of esters is 1. The minimum absolute atomic E-state index is 0.299. The average Bonchev–Trinajstić information content (AvgIpc) is 3.25. The molecule has 0 spiro atoms. The molecule has 3 aromatic carbocycles. The van der Waals surface area contributed by atoms with Crippen molar-refractivity contribution in [3.63, 3.8) is 0 Å². The van der Waals surface area contributed by atoms with Crippen LogP contribution in [0.2, 0.25) is 0 Å². The zero-order valence-electron chi connectivity index (χ0n) is 16.8. The number of aromatic nitrogens is 3. The third kappa shape index (κ3) is 3.67. The topological polar surface area (TPSA) is 66.2 Å². The Bertz CT molecular complexity index is 1150. The van der Waals surface area contributed by atoms with E-state index in [0.717, 1.165) is 17.0 Å². The molecule has 0 radical (unpaired) electrons. The van der Waals surface area contributed by atoms with Crippen LogP contribution < -0.4 is 4.74 Å². The van der Waals surface area contributed by atoms with Crippen molar-refractivity contribution in [2.75, 3.05) is 13.7 Å². The first kappa shape index (κ1) is 19.4. The minimum atomic E-state index is -0.390. The van der Waals surface area contributed by atoms with E-state index in [-0.39, 0.29) is 0 Å². The molecule has 0 aliphatic heterocycles. The van der Waals surface area contributed by atoms with Crippen molar-refractivity contribution in [3.05, 3.63) is 84.4 Å². The van der Waals surface area contributed by atoms with Gasteiger partial charge in [0.15, 0.2) is 11.6 Å². The molecule has 0 aliphatic carbocycles. The molecule has 0 bridgehead atoms. The van der Waals surface area contributed by atoms with Gasteiger partial charge in [-0.2, -0.15) is 0 Å². The Kier molecular flexibility index (Phi) is 5.57. The summed E-state index contributed by atoms with van der Waals surface area (Å²) in [6, 6.07) is 24.7. The highest BCUT2D eigenvalue weighted by atomic mass is 16.5. The van der Waals surface area contributed by atoms with E-state index < -0.39 is 5.97 Å². The molecular weight excluding hydrogens is 378 g/mol. The molecular formula is C24H21N3O3. The smallest absolute Gasteiger partial charge is 0.338 e. The molecule has 4 rings (SSSR count). The van der Waals surface area contributed by atoms with Crippen LogP contribution in [0.15, 0.2) is 78.9 Å². The van der Waals surface area contributed by atoms with Crippen LogP contribution in [0.4, 0.5) is 0 Å². The number of nitrogens with zero attached hydrogens (tertiary/aromatic N) is 3. The Morgan fingerprint density at radius 2 is 1.53 bits per heavy atom. The maximum absolute atomic E-state index is 12.6. The molecule has 0 fully saturated rings. The van der Waals surface area contributed by atoms with E-state index in [9.17, 15) is 4.79 Å². The lowest BCUT2D eigenvalue weighted by Gasteiger charge is -2.13. The maximum atomic E-state index is 12.6. The Balaban J connectivity index is 1.94. The van der Waals surface area contributed by atoms with Gasteiger partial charge in [-0.05, 0) is 37.3 Å². The zero-order chi connectivity index (χ0) is 20.9. The fourth-order valence-electron chi connectivity index (χ4n) is 3.27. The summed E-state index contributed by atoms with van der Waals surface area (Å²) in [6.45, 7) is 2.08. The van der Waals surface area contributed by atoms with E-state index in [0.29, 0.717) is 29.4 Å². The van der Waals surface area contributed by atoms with Gasteiger partial charge < -0.3 is 9.47 Å². The molecule has 6 nitrogen and oxygen atoms in total. The Hall–Kier alpha value is -3.93. The van der Waals surface area contributed by atoms with Crippen LogP contribution in [0.3, 0.4) is 0 Å². The van der Waals surface area contributed by atoms with Crippen molar-refractivity contribution in [2.45, 2.75) is 6.92 Å². The molecule has 0 N–H and O–H groups in total. The summed E-state index contributed by atoms with van der Waals surface area (Å²) in [5.41, 5.74) is 2.87. The molecule has 150 valence electrons. The Morgan fingerprint density at radius 1 is 0.867 bits per heavy atom. The SMILES string of the molecule is CCOC(=O)c1ccccc1-c1nnc(-c2ccccc2)n1-c1ccc(OC)cc1. The largest absolute Gasteiger partial charge is 0.497 e. The van der Waals surface area contributed by atoms with Crippen LogP contribution in [0.1, 0.15) is 17.3 Å². The number of methoxy groups -OCH3 is 1. The van der Waals surface area contributed by atoms with Crippen LogP contribution in [0.25, 0.3) is 28.5 Å². The quantitative estimate of drug-likeness (QED) is 0.436. The van der Waals surface area contributed by atoms with Crippen LogP contribution in [-0.2, 0) is 4.74 Å². The van der Waals surface area contributed by atoms with Gasteiger partial charge in [0.2, 0.25) is 0 Å². The van der Waals surface area contributed by atoms with Crippen LogP contribution in [0.5, 0.6) is 5.75 Å². The number of hydrogen-bond donors (Lipinski definition) is 0. The van der Waals surface area contributed by atoms with Gasteiger partial charge in [0.05, 0.1) is 19.3 Å². The normalized spacial score (nSPS) is 10.6. The molecule has 1 aromatic heterocycles. The van der Waals surface area contributed by atoms with Crippen LogP contribution in [-0.4, -0.2) is 34.5 Å². The fraction of sp³-hybridized carbons (Fsp3) is 0.125. The highest BCUT2D eigenvalue weighted by Crippen LogP contribution is 2.31. The van der Waals surface area contributed by atoms with E-state index in [4.69, 9.17) is 9.47 Å². The molecule has 0 amide bonds. The summed E-state index contributed by atoms with van der Waals surface area (Å²) >= 11 is 0. The van der Waals surface area contributed by atoms with Gasteiger partial charge in [-0.1, -0.05) is 48.5 Å². The summed E-state index contributed by atoms with van der Waals surface area (Å²) in [6.07, 6.45) is 0. The van der Waals surface area contributed by atoms with Gasteiger partial charge in [0.1, 0.15) is 5.75 Å². The monoisotopic (exact) mass is 399 g/mol. The second-order valence-electron chi connectivity index (χ2n) is 6.51. The Morgan fingerprint density at radius 3 is 2.23 bits per heavy atom. The van der Waals surface area contributed by atoms with Gasteiger partial charge in [0, 0.05) is 16.8 Å². The highest BCUT2D eigenvalue weighted by Gasteiger charge is 2.22. The summed E-state index contributed by atoms with van der Waals surface area (Å²) in [4.78, 5) is 12.6. The average molecular weight is 399 g/mol. The molecule has 0 saturated heterocycles. The number of carbonyl (C=O) groups excluding carboxylic acids is 1. The van der Waals surface area contributed by atoms with E-state index in [2.05, 4.69) is 10.2 Å². The van der Waals surface area contributed by atoms with E-state index in [1.54, 1.807) is 20.1 Å². The maximum Gasteiger partial charge on any atom is 0.338 e. The number of carbonyl (C=O) groups is 1. The van der Waals surface area contributed by atoms with Crippen molar-refractivity contribution < 1.29 is 14.3 Å². The molecule has 0 atom stereocenters. The van der Waals surface area contributed by atoms with Crippen molar-refractivity contribution >= 4 is 5.97 Å². The molecule has 0 unspecified atom stereocenters. The van der Waals surface area contributed by atoms with Crippen LogP contribution >= 0.6 is 0 Å². The number of rotatable bonds is 6. The van der Waals surface area contributed by atoms with Crippen molar-refractivity contribution in [2.24, 2.45) is 0 Å². The summed E-state index contributed by atoms with van der Waals surface area (Å²) < 4.78 is 12.5. The second kappa shape index (κ2) is 8.61. The lowest BCUT2D eigenvalue weighted by molar-refractivity contribution is 0.0527. The molecule has 4 aromatic rings. The predicted molar refractivity (Wildman–Crippen MR) is 115 cm³/mol. The standard InChI is InChI=1S/C24H21N3O3/c1-3-30-24(28)21-12-8-7-11-20(21)23-26-25-22(17-9-5-4-6-10-17)27(23)18-13-15-19(29-2)16-14-18/h4-16H,3H2,1-2H3. The summed E-state index contributed by atoms with van der Waals surface area (Å²) in [5, 5.41) is 8.92. The van der Waals surface area contributed by atoms with Gasteiger partial charge in [0.25, 0.3) is 0 Å². The van der Waals surface area contributed by atoms with Gasteiger partial charge in [-0.25, -0.2) is 4.79 Å². The van der Waals surface area contributed by atoms with Crippen LogP contribution in [0, 0.1) is 0 Å². The molecule has 0 aliphatic rings. The molecule has 1 heterocycles. The van der Waals surface area contributed by atoms with Crippen molar-refractivity contribution in [1.29, 1.82) is 0 Å². The number of ether oxygens (including phenoxy) is 2. The van der Waals surface area contributed by atoms with E-state index in [1.807, 2.05) is 77.4 Å². The van der Waals surface area contributed by atoms with Gasteiger partial charge in [-0.3, -0.25) is 4.57 Å². The predicted octanol–water partition coefficient (Wildman–Crippen LogP) is 4.79. The molecule has 0 saturated carbocycles. The molecule has 30 heavy (non-hydrogen) atoms. The van der Waals surface area contributed by atoms with Gasteiger partial charge >= 0.3 is 5.97 Å². The van der Waals surface area contributed by atoms with Crippen molar-refractivity contribution in [1.82, 2.24) is 14.8 Å². The third-order valence-electron chi connectivity index (χ3n) is 4.69. The minimum Gasteiger partial charge on any atom is -0.497 e. The second-order valence-corrected chi connectivity index (χ2v) is 6.51. The first-order chi connectivity index (χ1) is 14.7. The van der Waals surface area contributed by atoms with E-state index in [1.165, 1.54) is 0 Å². The lowest BCUT2D eigenvalue weighted by atomic mass is 10.1. The number of hydrogen-bond acceptors (Lipinski definition) is 5. The first-order valence-corrected chi connectivity index (χ1v) is 9.64. The highest BCUT2D eigenvalue weighted by molar-refractivity contribution is 5.96.